The van der Waals surface area contributed by atoms with Gasteiger partial charge in [0.25, 0.3) is 5.91 Å². The Balaban J connectivity index is 3.27. The van der Waals surface area contributed by atoms with Gasteiger partial charge in [-0.05, 0) is 25.5 Å². The first-order valence-corrected chi connectivity index (χ1v) is 9.13. The van der Waals surface area contributed by atoms with Crippen LogP contribution >= 0.6 is 0 Å². The standard InChI is InChI=1S/C16H24N2O5S/c1-5-6-11-17(3)15(19)13-9-7-8-10-14(13)24(22,23)18(4)12(2)16(20)21/h7-10,12H,5-6,11H2,1-4H3,(H,20,21). The van der Waals surface area contributed by atoms with E-state index < -0.39 is 27.9 Å². The van der Waals surface area contributed by atoms with E-state index in [4.69, 9.17) is 5.11 Å². The van der Waals surface area contributed by atoms with Crippen molar-refractivity contribution in [1.82, 2.24) is 9.21 Å². The molecular formula is C16H24N2O5S. The van der Waals surface area contributed by atoms with E-state index in [1.807, 2.05) is 6.92 Å². The summed E-state index contributed by atoms with van der Waals surface area (Å²) in [5.41, 5.74) is 0.0422. The van der Waals surface area contributed by atoms with E-state index in [1.54, 1.807) is 13.1 Å². The lowest BCUT2D eigenvalue weighted by Gasteiger charge is -2.24. The third-order valence-corrected chi connectivity index (χ3v) is 5.86. The molecule has 0 aliphatic rings. The Labute approximate surface area is 142 Å². The molecule has 7 nitrogen and oxygen atoms in total. The van der Waals surface area contributed by atoms with Crippen molar-refractivity contribution >= 4 is 21.9 Å². The predicted molar refractivity (Wildman–Crippen MR) is 90.4 cm³/mol. The lowest BCUT2D eigenvalue weighted by molar-refractivity contribution is -0.140. The highest BCUT2D eigenvalue weighted by Crippen LogP contribution is 2.22. The van der Waals surface area contributed by atoms with Crippen molar-refractivity contribution in [1.29, 1.82) is 0 Å². The van der Waals surface area contributed by atoms with Gasteiger partial charge in [-0.25, -0.2) is 8.42 Å². The van der Waals surface area contributed by atoms with Crippen molar-refractivity contribution in [2.45, 2.75) is 37.6 Å². The molecule has 1 aromatic carbocycles. The molecule has 0 saturated carbocycles. The van der Waals surface area contributed by atoms with E-state index in [2.05, 4.69) is 0 Å². The Kier molecular flexibility index (Phi) is 6.92. The maximum atomic E-state index is 12.7. The van der Waals surface area contributed by atoms with Crippen molar-refractivity contribution in [3.8, 4) is 0 Å². The molecule has 1 atom stereocenters. The molecule has 0 fully saturated rings. The van der Waals surface area contributed by atoms with Gasteiger partial charge in [-0.15, -0.1) is 0 Å². The van der Waals surface area contributed by atoms with Gasteiger partial charge in [0.15, 0.2) is 0 Å². The van der Waals surface area contributed by atoms with Crippen molar-refractivity contribution in [3.05, 3.63) is 29.8 Å². The molecule has 134 valence electrons. The molecule has 0 saturated heterocycles. The van der Waals surface area contributed by atoms with Crippen LogP contribution in [0.4, 0.5) is 0 Å². The third kappa shape index (κ3) is 4.33. The van der Waals surface area contributed by atoms with Crippen LogP contribution in [0.5, 0.6) is 0 Å². The predicted octanol–water partition coefficient (Wildman–Crippen LogP) is 1.65. The number of carboxylic acids is 1. The summed E-state index contributed by atoms with van der Waals surface area (Å²) >= 11 is 0. The van der Waals surface area contributed by atoms with Gasteiger partial charge in [-0.3, -0.25) is 9.59 Å². The highest BCUT2D eigenvalue weighted by Gasteiger charge is 2.32. The maximum absolute atomic E-state index is 12.7. The molecule has 0 aromatic heterocycles. The Morgan fingerprint density at radius 1 is 1.21 bits per heavy atom. The minimum Gasteiger partial charge on any atom is -0.480 e. The lowest BCUT2D eigenvalue weighted by Crippen LogP contribution is -2.41. The number of hydrogen-bond donors (Lipinski definition) is 1. The summed E-state index contributed by atoms with van der Waals surface area (Å²) in [6.45, 7) is 3.79. The van der Waals surface area contributed by atoms with Crippen LogP contribution < -0.4 is 0 Å². The molecule has 24 heavy (non-hydrogen) atoms. The number of sulfonamides is 1. The van der Waals surface area contributed by atoms with E-state index in [9.17, 15) is 18.0 Å². The summed E-state index contributed by atoms with van der Waals surface area (Å²) in [4.78, 5) is 24.9. The molecule has 0 aliphatic heterocycles. The molecule has 0 radical (unpaired) electrons. The fourth-order valence-corrected chi connectivity index (χ4v) is 3.59. The van der Waals surface area contributed by atoms with E-state index in [1.165, 1.54) is 37.1 Å². The number of carbonyl (C=O) groups is 2. The highest BCUT2D eigenvalue weighted by molar-refractivity contribution is 7.89. The molecule has 1 amide bonds. The van der Waals surface area contributed by atoms with Gasteiger partial charge in [-0.2, -0.15) is 4.31 Å². The summed E-state index contributed by atoms with van der Waals surface area (Å²) in [6, 6.07) is 4.62. The number of rotatable bonds is 8. The molecular weight excluding hydrogens is 332 g/mol. The van der Waals surface area contributed by atoms with Crippen LogP contribution in [0.3, 0.4) is 0 Å². The van der Waals surface area contributed by atoms with Gasteiger partial charge in [0.1, 0.15) is 6.04 Å². The zero-order valence-electron chi connectivity index (χ0n) is 14.4. The van der Waals surface area contributed by atoms with Crippen LogP contribution in [-0.4, -0.2) is 61.3 Å². The van der Waals surface area contributed by atoms with Gasteiger partial charge in [0, 0.05) is 20.6 Å². The molecule has 1 aromatic rings. The van der Waals surface area contributed by atoms with Gasteiger partial charge < -0.3 is 10.0 Å². The monoisotopic (exact) mass is 356 g/mol. The van der Waals surface area contributed by atoms with E-state index >= 15 is 0 Å². The number of hydrogen-bond acceptors (Lipinski definition) is 4. The maximum Gasteiger partial charge on any atom is 0.321 e. The number of nitrogens with zero attached hydrogens (tertiary/aromatic N) is 2. The summed E-state index contributed by atoms with van der Waals surface area (Å²) in [5, 5.41) is 9.05. The quantitative estimate of drug-likeness (QED) is 0.764. The number of carbonyl (C=O) groups excluding carboxylic acids is 1. The summed E-state index contributed by atoms with van der Waals surface area (Å²) < 4.78 is 26.2. The second-order valence-electron chi connectivity index (χ2n) is 5.61. The third-order valence-electron chi connectivity index (χ3n) is 3.87. The van der Waals surface area contributed by atoms with Crippen LogP contribution in [0.15, 0.2) is 29.2 Å². The van der Waals surface area contributed by atoms with E-state index in [-0.39, 0.29) is 10.5 Å². The number of benzene rings is 1. The molecule has 0 aliphatic carbocycles. The van der Waals surface area contributed by atoms with Gasteiger partial charge in [-0.1, -0.05) is 25.5 Å². The van der Waals surface area contributed by atoms with Crippen LogP contribution in [0, 0.1) is 0 Å². The zero-order valence-corrected chi connectivity index (χ0v) is 15.2. The molecule has 8 heteroatoms. The average Bonchev–Trinajstić information content (AvgIpc) is 2.57. The lowest BCUT2D eigenvalue weighted by atomic mass is 10.2. The topological polar surface area (TPSA) is 95.0 Å². The Bertz CT molecular complexity index is 702. The number of likely N-dealkylation sites (N-methyl/N-ethyl adjacent to an activating group) is 1. The SMILES string of the molecule is CCCCN(C)C(=O)c1ccccc1S(=O)(=O)N(C)C(C)C(=O)O. The fraction of sp³-hybridized carbons (Fsp3) is 0.500. The highest BCUT2D eigenvalue weighted by atomic mass is 32.2. The van der Waals surface area contributed by atoms with Crippen LogP contribution in [0.1, 0.15) is 37.0 Å². The molecule has 1 rings (SSSR count). The van der Waals surface area contributed by atoms with Gasteiger partial charge in [0.2, 0.25) is 10.0 Å². The Morgan fingerprint density at radius 3 is 2.33 bits per heavy atom. The van der Waals surface area contributed by atoms with Crippen molar-refractivity contribution in [2.24, 2.45) is 0 Å². The Hall–Kier alpha value is -1.93. The molecule has 0 spiro atoms. The van der Waals surface area contributed by atoms with E-state index in [0.29, 0.717) is 6.54 Å². The average molecular weight is 356 g/mol. The summed E-state index contributed by atoms with van der Waals surface area (Å²) in [7, 11) is -1.30. The molecule has 1 N–H and O–H groups in total. The largest absolute Gasteiger partial charge is 0.480 e. The molecule has 0 heterocycles. The van der Waals surface area contributed by atoms with Crippen molar-refractivity contribution in [3.63, 3.8) is 0 Å². The van der Waals surface area contributed by atoms with Crippen molar-refractivity contribution < 1.29 is 23.1 Å². The summed E-state index contributed by atoms with van der Waals surface area (Å²) in [6.07, 6.45) is 1.73. The summed E-state index contributed by atoms with van der Waals surface area (Å²) in [5.74, 6) is -1.66. The van der Waals surface area contributed by atoms with Crippen LogP contribution in [0.2, 0.25) is 0 Å². The minimum atomic E-state index is -4.11. The first-order valence-electron chi connectivity index (χ1n) is 7.69. The Morgan fingerprint density at radius 2 is 1.79 bits per heavy atom. The number of carboxylic acid groups (broad SMARTS) is 1. The first-order chi connectivity index (χ1) is 11.1. The second-order valence-corrected chi connectivity index (χ2v) is 7.58. The second kappa shape index (κ2) is 8.25. The van der Waals surface area contributed by atoms with Crippen molar-refractivity contribution in [2.75, 3.05) is 20.6 Å². The minimum absolute atomic E-state index is 0.0422. The van der Waals surface area contributed by atoms with Gasteiger partial charge in [0.05, 0.1) is 10.5 Å². The number of amides is 1. The zero-order chi connectivity index (χ0) is 18.5. The van der Waals surface area contributed by atoms with Crippen LogP contribution in [0.25, 0.3) is 0 Å². The fourth-order valence-electron chi connectivity index (χ4n) is 2.09. The number of unbranched alkanes of at least 4 members (excludes halogenated alkanes) is 1. The normalized spacial score (nSPS) is 12.9. The van der Waals surface area contributed by atoms with Gasteiger partial charge >= 0.3 is 5.97 Å². The first kappa shape index (κ1) is 20.1. The van der Waals surface area contributed by atoms with Crippen LogP contribution in [-0.2, 0) is 14.8 Å². The molecule has 1 unspecified atom stereocenters. The smallest absolute Gasteiger partial charge is 0.321 e. The molecule has 0 bridgehead atoms. The van der Waals surface area contributed by atoms with E-state index in [0.717, 1.165) is 17.1 Å². The number of aliphatic carboxylic acids is 1.